The molecule has 0 spiro atoms. The largest absolute Gasteiger partial charge is 0.477 e. The van der Waals surface area contributed by atoms with Crippen LogP contribution in [0.4, 0.5) is 18.9 Å². The second-order valence-corrected chi connectivity index (χ2v) is 7.74. The highest BCUT2D eigenvalue weighted by molar-refractivity contribution is 5.93. The van der Waals surface area contributed by atoms with Crippen LogP contribution >= 0.6 is 0 Å². The Balaban J connectivity index is 1.87. The predicted octanol–water partition coefficient (Wildman–Crippen LogP) is 2.51. The number of anilines is 1. The quantitative estimate of drug-likeness (QED) is 0.794. The van der Waals surface area contributed by atoms with E-state index in [2.05, 4.69) is 5.32 Å². The van der Waals surface area contributed by atoms with Gasteiger partial charge in [0.2, 0.25) is 5.43 Å². The second-order valence-electron chi connectivity index (χ2n) is 7.74. The Hall–Kier alpha value is -2.55. The fraction of sp³-hybridized carbons (Fsp3) is 0.500. The molecule has 0 saturated carbocycles. The molecule has 0 aliphatic carbocycles. The molecule has 6 nitrogen and oxygen atoms in total. The highest BCUT2D eigenvalue weighted by Gasteiger charge is 2.35. The third-order valence-electron chi connectivity index (χ3n) is 6.02. The zero-order valence-electron chi connectivity index (χ0n) is 15.7. The third kappa shape index (κ3) is 3.37. The standard InChI is InChI=1S/C20H22F3N3O3/c21-6-12(7-22)26-9-14(20(28)29)19(27)13-4-15(23)18(5-17(13)26)25-8-11-2-1-3-24-16(11)10-25/h4-5,9,11-12,16,24H,1-3,6-8,10H2,(H,28,29)/t11-,16+/m0/s1. The molecule has 29 heavy (non-hydrogen) atoms. The molecule has 0 unspecified atom stereocenters. The van der Waals surface area contributed by atoms with Crippen LogP contribution in [0.2, 0.25) is 0 Å². The monoisotopic (exact) mass is 409 g/mol. The molecule has 2 fully saturated rings. The molecule has 0 bridgehead atoms. The maximum absolute atomic E-state index is 15.0. The van der Waals surface area contributed by atoms with E-state index in [0.717, 1.165) is 36.2 Å². The number of aromatic carboxylic acids is 1. The number of nitrogens with zero attached hydrogens (tertiary/aromatic N) is 2. The van der Waals surface area contributed by atoms with E-state index in [9.17, 15) is 27.9 Å². The van der Waals surface area contributed by atoms with Crippen molar-refractivity contribution in [3.8, 4) is 0 Å². The maximum atomic E-state index is 15.0. The minimum atomic E-state index is -1.53. The number of fused-ring (bicyclic) bond motifs is 2. The molecule has 2 aliphatic heterocycles. The van der Waals surface area contributed by atoms with Crippen LogP contribution in [0.5, 0.6) is 0 Å². The lowest BCUT2D eigenvalue weighted by molar-refractivity contribution is 0.0694. The van der Waals surface area contributed by atoms with Gasteiger partial charge in [-0.3, -0.25) is 4.79 Å². The molecule has 3 heterocycles. The molecular formula is C20H22F3N3O3. The maximum Gasteiger partial charge on any atom is 0.341 e. The Morgan fingerprint density at radius 2 is 2.03 bits per heavy atom. The van der Waals surface area contributed by atoms with Crippen LogP contribution in [0.25, 0.3) is 10.9 Å². The highest BCUT2D eigenvalue weighted by atomic mass is 19.1. The van der Waals surface area contributed by atoms with Crippen LogP contribution in [0.3, 0.4) is 0 Å². The molecule has 4 rings (SSSR count). The molecule has 2 saturated heterocycles. The van der Waals surface area contributed by atoms with Gasteiger partial charge in [0.05, 0.1) is 17.2 Å². The number of carboxylic acids is 1. The summed E-state index contributed by atoms with van der Waals surface area (Å²) < 4.78 is 42.9. The molecule has 2 aliphatic rings. The molecule has 0 amide bonds. The number of aromatic nitrogens is 1. The Kier molecular flexibility index (Phi) is 5.24. The molecule has 0 radical (unpaired) electrons. The Morgan fingerprint density at radius 1 is 1.28 bits per heavy atom. The molecule has 156 valence electrons. The van der Waals surface area contributed by atoms with Crippen molar-refractivity contribution >= 4 is 22.6 Å². The Labute approximate surface area is 164 Å². The molecule has 2 N–H and O–H groups in total. The molecule has 1 aromatic heterocycles. The average Bonchev–Trinajstić information content (AvgIpc) is 3.14. The number of hydrogen-bond acceptors (Lipinski definition) is 4. The topological polar surface area (TPSA) is 74.6 Å². The number of piperidine rings is 1. The van der Waals surface area contributed by atoms with E-state index < -0.39 is 42.2 Å². The summed E-state index contributed by atoms with van der Waals surface area (Å²) >= 11 is 0. The SMILES string of the molecule is O=C(O)c1cn(C(CF)CF)c2cc(N3C[C@@H]4CCCN[C@@H]4C3)c(F)cc2c1=O. The second kappa shape index (κ2) is 7.70. The van der Waals surface area contributed by atoms with Gasteiger partial charge in [0.1, 0.15) is 24.7 Å². The van der Waals surface area contributed by atoms with Gasteiger partial charge in [-0.2, -0.15) is 0 Å². The molecule has 2 aromatic rings. The van der Waals surface area contributed by atoms with E-state index in [4.69, 9.17) is 0 Å². The van der Waals surface area contributed by atoms with Crippen molar-refractivity contribution in [2.45, 2.75) is 24.9 Å². The number of rotatable bonds is 5. The minimum absolute atomic E-state index is 0.125. The summed E-state index contributed by atoms with van der Waals surface area (Å²) in [6.07, 6.45) is 3.05. The van der Waals surface area contributed by atoms with E-state index in [-0.39, 0.29) is 22.6 Å². The van der Waals surface area contributed by atoms with Gasteiger partial charge in [-0.1, -0.05) is 0 Å². The normalized spacial score (nSPS) is 21.7. The van der Waals surface area contributed by atoms with E-state index in [1.165, 1.54) is 6.07 Å². The van der Waals surface area contributed by atoms with Crippen molar-refractivity contribution in [2.75, 3.05) is 37.9 Å². The first-order valence-corrected chi connectivity index (χ1v) is 9.66. The molecule has 9 heteroatoms. The van der Waals surface area contributed by atoms with Crippen molar-refractivity contribution in [2.24, 2.45) is 5.92 Å². The number of alkyl halides is 2. The van der Waals surface area contributed by atoms with E-state index in [1.807, 2.05) is 4.90 Å². The van der Waals surface area contributed by atoms with Gasteiger partial charge in [0, 0.05) is 30.7 Å². The third-order valence-corrected chi connectivity index (χ3v) is 6.02. The fourth-order valence-corrected chi connectivity index (χ4v) is 4.49. The lowest BCUT2D eigenvalue weighted by Gasteiger charge is -2.24. The van der Waals surface area contributed by atoms with E-state index in [1.54, 1.807) is 0 Å². The van der Waals surface area contributed by atoms with Crippen molar-refractivity contribution in [3.63, 3.8) is 0 Å². The van der Waals surface area contributed by atoms with Crippen LogP contribution in [0, 0.1) is 11.7 Å². The van der Waals surface area contributed by atoms with Crippen LogP contribution < -0.4 is 15.6 Å². The van der Waals surface area contributed by atoms with Gasteiger partial charge in [0.15, 0.2) is 0 Å². The number of nitrogens with one attached hydrogen (secondary N) is 1. The summed E-state index contributed by atoms with van der Waals surface area (Å²) in [4.78, 5) is 25.8. The number of hydrogen-bond donors (Lipinski definition) is 2. The van der Waals surface area contributed by atoms with E-state index >= 15 is 0 Å². The zero-order valence-corrected chi connectivity index (χ0v) is 15.7. The van der Waals surface area contributed by atoms with Crippen molar-refractivity contribution in [1.29, 1.82) is 0 Å². The summed E-state index contributed by atoms with van der Waals surface area (Å²) in [7, 11) is 0. The van der Waals surface area contributed by atoms with Crippen LogP contribution in [0.15, 0.2) is 23.1 Å². The van der Waals surface area contributed by atoms with Gasteiger partial charge in [-0.05, 0) is 37.4 Å². The van der Waals surface area contributed by atoms with Gasteiger partial charge in [-0.25, -0.2) is 18.0 Å². The lowest BCUT2D eigenvalue weighted by Crippen LogP contribution is -2.40. The van der Waals surface area contributed by atoms with Gasteiger partial charge in [0.25, 0.3) is 0 Å². The summed E-state index contributed by atoms with van der Waals surface area (Å²) in [6.45, 7) is -0.00912. The first kappa shape index (κ1) is 19.8. The van der Waals surface area contributed by atoms with Crippen molar-refractivity contribution < 1.29 is 23.1 Å². The summed E-state index contributed by atoms with van der Waals surface area (Å²) in [6, 6.07) is 1.35. The zero-order chi connectivity index (χ0) is 20.7. The van der Waals surface area contributed by atoms with E-state index in [0.29, 0.717) is 19.0 Å². The summed E-state index contributed by atoms with van der Waals surface area (Å²) in [5.74, 6) is -1.79. The molecule has 2 atom stereocenters. The highest BCUT2D eigenvalue weighted by Crippen LogP contribution is 2.33. The average molecular weight is 409 g/mol. The number of carbonyl (C=O) groups is 1. The summed E-state index contributed by atoms with van der Waals surface area (Å²) in [5, 5.41) is 12.5. The number of halogens is 3. The van der Waals surface area contributed by atoms with Gasteiger partial charge >= 0.3 is 5.97 Å². The molecular weight excluding hydrogens is 387 g/mol. The fourth-order valence-electron chi connectivity index (χ4n) is 4.49. The predicted molar refractivity (Wildman–Crippen MR) is 103 cm³/mol. The summed E-state index contributed by atoms with van der Waals surface area (Å²) in [5.41, 5.74) is -1.14. The number of pyridine rings is 1. The Morgan fingerprint density at radius 3 is 2.69 bits per heavy atom. The van der Waals surface area contributed by atoms with Gasteiger partial charge < -0.3 is 19.9 Å². The van der Waals surface area contributed by atoms with Crippen molar-refractivity contribution in [3.05, 3.63) is 39.9 Å². The van der Waals surface area contributed by atoms with Crippen LogP contribution in [-0.2, 0) is 0 Å². The number of benzene rings is 1. The Bertz CT molecular complexity index is 992. The van der Waals surface area contributed by atoms with Gasteiger partial charge in [-0.15, -0.1) is 0 Å². The lowest BCUT2D eigenvalue weighted by atomic mass is 9.94. The first-order chi connectivity index (χ1) is 13.9. The van der Waals surface area contributed by atoms with Crippen LogP contribution in [-0.4, -0.2) is 54.7 Å². The van der Waals surface area contributed by atoms with Crippen molar-refractivity contribution in [1.82, 2.24) is 9.88 Å². The first-order valence-electron chi connectivity index (χ1n) is 9.66. The minimum Gasteiger partial charge on any atom is -0.477 e. The van der Waals surface area contributed by atoms with Crippen LogP contribution in [0.1, 0.15) is 29.2 Å². The number of carboxylic acid groups (broad SMARTS) is 1. The smallest absolute Gasteiger partial charge is 0.341 e. The molecule has 1 aromatic carbocycles.